The first-order valence-corrected chi connectivity index (χ1v) is 5.17. The molecule has 0 aromatic carbocycles. The number of anilines is 1. The molecule has 1 atom stereocenters. The van der Waals surface area contributed by atoms with Crippen molar-refractivity contribution < 1.29 is 0 Å². The van der Waals surface area contributed by atoms with E-state index in [2.05, 4.69) is 28.5 Å². The van der Waals surface area contributed by atoms with Crippen LogP contribution in [0, 0.1) is 11.3 Å². The van der Waals surface area contributed by atoms with E-state index in [9.17, 15) is 0 Å². The normalized spacial score (nSPS) is 19.5. The predicted molar refractivity (Wildman–Crippen MR) is 59.4 cm³/mol. The van der Waals surface area contributed by atoms with E-state index in [0.717, 1.165) is 24.9 Å². The van der Waals surface area contributed by atoms with Crippen molar-refractivity contribution in [2.75, 3.05) is 5.32 Å². The molecule has 1 aromatic rings. The molecule has 0 amide bonds. The summed E-state index contributed by atoms with van der Waals surface area (Å²) in [6.07, 6.45) is 9.29. The first kappa shape index (κ1) is 9.72. The highest BCUT2D eigenvalue weighted by molar-refractivity contribution is 5.53. The van der Waals surface area contributed by atoms with E-state index in [0.29, 0.717) is 11.7 Å². The first-order chi connectivity index (χ1) is 7.40. The Balaban J connectivity index is 2.10. The Morgan fingerprint density at radius 1 is 1.47 bits per heavy atom. The molecule has 0 fully saturated rings. The van der Waals surface area contributed by atoms with Gasteiger partial charge in [0.2, 0.25) is 0 Å². The minimum Gasteiger partial charge on any atom is -0.380 e. The highest BCUT2D eigenvalue weighted by atomic mass is 14.9. The quantitative estimate of drug-likeness (QED) is 0.744. The lowest BCUT2D eigenvalue weighted by Gasteiger charge is -2.20. The lowest BCUT2D eigenvalue weighted by Crippen LogP contribution is -2.20. The second-order valence-electron chi connectivity index (χ2n) is 3.64. The number of nitrogens with one attached hydrogen (secondary N) is 1. The smallest absolute Gasteiger partial charge is 0.163 e. The number of rotatable bonds is 2. The molecule has 1 aromatic heterocycles. The zero-order valence-corrected chi connectivity index (χ0v) is 8.48. The van der Waals surface area contributed by atoms with Crippen LogP contribution in [0.25, 0.3) is 0 Å². The van der Waals surface area contributed by atoms with Gasteiger partial charge in [0.15, 0.2) is 5.69 Å². The highest BCUT2D eigenvalue weighted by Gasteiger charge is 2.11. The molecule has 1 unspecified atom stereocenters. The van der Waals surface area contributed by atoms with Gasteiger partial charge in [-0.1, -0.05) is 12.2 Å². The van der Waals surface area contributed by atoms with Gasteiger partial charge in [0, 0.05) is 12.2 Å². The summed E-state index contributed by atoms with van der Waals surface area (Å²) < 4.78 is 0. The van der Waals surface area contributed by atoms with Gasteiger partial charge in [-0.15, -0.1) is 0 Å². The van der Waals surface area contributed by atoms with Crippen LogP contribution in [0.3, 0.4) is 0 Å². The summed E-state index contributed by atoms with van der Waals surface area (Å²) in [5.41, 5.74) is 1.33. The van der Waals surface area contributed by atoms with Gasteiger partial charge in [0.05, 0.1) is 5.69 Å². The highest BCUT2D eigenvalue weighted by Crippen LogP contribution is 2.18. The molecule has 0 aliphatic heterocycles. The molecular weight excluding hydrogens is 186 g/mol. The number of aromatic nitrogens is 1. The van der Waals surface area contributed by atoms with Crippen LogP contribution >= 0.6 is 0 Å². The second kappa shape index (κ2) is 4.61. The molecule has 3 heteroatoms. The maximum atomic E-state index is 8.88. The molecule has 0 radical (unpaired) electrons. The maximum Gasteiger partial charge on any atom is 0.163 e. The standard InChI is InChI=1S/C12H13N3/c13-9-12-11(7-4-8-14-12)15-10-5-2-1-3-6-10/h1-2,4,7-8,10,15H,3,5-6H2. The van der Waals surface area contributed by atoms with E-state index in [4.69, 9.17) is 5.26 Å². The molecule has 2 rings (SSSR count). The molecule has 0 spiro atoms. The van der Waals surface area contributed by atoms with Crippen LogP contribution in [0.2, 0.25) is 0 Å². The van der Waals surface area contributed by atoms with Gasteiger partial charge in [-0.3, -0.25) is 0 Å². The first-order valence-electron chi connectivity index (χ1n) is 5.17. The third kappa shape index (κ3) is 2.35. The summed E-state index contributed by atoms with van der Waals surface area (Å²) in [6.45, 7) is 0. The fourth-order valence-corrected chi connectivity index (χ4v) is 1.76. The SMILES string of the molecule is N#Cc1ncccc1NC1CC=CCC1. The van der Waals surface area contributed by atoms with Crippen LogP contribution in [0.15, 0.2) is 30.5 Å². The fourth-order valence-electron chi connectivity index (χ4n) is 1.76. The molecular formula is C12H13N3. The Bertz CT molecular complexity index is 404. The number of pyridine rings is 1. The van der Waals surface area contributed by atoms with Crippen molar-refractivity contribution in [3.05, 3.63) is 36.2 Å². The summed E-state index contributed by atoms with van der Waals surface area (Å²) in [4.78, 5) is 4.02. The summed E-state index contributed by atoms with van der Waals surface area (Å²) in [7, 11) is 0. The average Bonchev–Trinajstić information content (AvgIpc) is 2.31. The fraction of sp³-hybridized carbons (Fsp3) is 0.333. The number of hydrogen-bond donors (Lipinski definition) is 1. The molecule has 0 bridgehead atoms. The van der Waals surface area contributed by atoms with Gasteiger partial charge >= 0.3 is 0 Å². The van der Waals surface area contributed by atoms with Crippen LogP contribution in [-0.4, -0.2) is 11.0 Å². The zero-order chi connectivity index (χ0) is 10.5. The third-order valence-corrected chi connectivity index (χ3v) is 2.54. The molecule has 1 aliphatic carbocycles. The molecule has 1 heterocycles. The van der Waals surface area contributed by atoms with Gasteiger partial charge in [-0.25, -0.2) is 4.98 Å². The zero-order valence-electron chi connectivity index (χ0n) is 8.48. The molecule has 76 valence electrons. The van der Waals surface area contributed by atoms with E-state index in [1.54, 1.807) is 6.20 Å². The molecule has 3 nitrogen and oxygen atoms in total. The van der Waals surface area contributed by atoms with Gasteiger partial charge in [0.1, 0.15) is 6.07 Å². The molecule has 0 saturated carbocycles. The van der Waals surface area contributed by atoms with E-state index in [1.807, 2.05) is 12.1 Å². The van der Waals surface area contributed by atoms with Crippen LogP contribution in [0.5, 0.6) is 0 Å². The van der Waals surface area contributed by atoms with Crippen LogP contribution in [0.4, 0.5) is 5.69 Å². The van der Waals surface area contributed by atoms with Crippen molar-refractivity contribution in [3.8, 4) is 6.07 Å². The van der Waals surface area contributed by atoms with Crippen LogP contribution in [-0.2, 0) is 0 Å². The minimum atomic E-state index is 0.436. The summed E-state index contributed by atoms with van der Waals surface area (Å²) in [6, 6.07) is 6.29. The second-order valence-corrected chi connectivity index (χ2v) is 3.64. The van der Waals surface area contributed by atoms with E-state index >= 15 is 0 Å². The Hall–Kier alpha value is -1.82. The topological polar surface area (TPSA) is 48.7 Å². The molecule has 1 N–H and O–H groups in total. The monoisotopic (exact) mass is 199 g/mol. The van der Waals surface area contributed by atoms with Crippen LogP contribution in [0.1, 0.15) is 25.0 Å². The average molecular weight is 199 g/mol. The lowest BCUT2D eigenvalue weighted by molar-refractivity contribution is 0.644. The number of nitrogens with zero attached hydrogens (tertiary/aromatic N) is 2. The van der Waals surface area contributed by atoms with Crippen molar-refractivity contribution in [3.63, 3.8) is 0 Å². The lowest BCUT2D eigenvalue weighted by atomic mass is 10.0. The summed E-state index contributed by atoms with van der Waals surface area (Å²) in [5.74, 6) is 0. The molecule has 0 saturated heterocycles. The number of allylic oxidation sites excluding steroid dienone is 1. The van der Waals surface area contributed by atoms with Gasteiger partial charge < -0.3 is 5.32 Å². The van der Waals surface area contributed by atoms with Crippen molar-refractivity contribution in [1.29, 1.82) is 5.26 Å². The Morgan fingerprint density at radius 3 is 3.13 bits per heavy atom. The van der Waals surface area contributed by atoms with Crippen molar-refractivity contribution in [2.45, 2.75) is 25.3 Å². The third-order valence-electron chi connectivity index (χ3n) is 2.54. The van der Waals surface area contributed by atoms with E-state index in [1.165, 1.54) is 0 Å². The largest absolute Gasteiger partial charge is 0.380 e. The van der Waals surface area contributed by atoms with E-state index < -0.39 is 0 Å². The van der Waals surface area contributed by atoms with Gasteiger partial charge in [0.25, 0.3) is 0 Å². The van der Waals surface area contributed by atoms with Gasteiger partial charge in [-0.05, 0) is 31.4 Å². The van der Waals surface area contributed by atoms with Crippen molar-refractivity contribution in [2.24, 2.45) is 0 Å². The van der Waals surface area contributed by atoms with Crippen molar-refractivity contribution in [1.82, 2.24) is 4.98 Å². The minimum absolute atomic E-state index is 0.436. The Kier molecular flexibility index (Phi) is 2.99. The van der Waals surface area contributed by atoms with Crippen LogP contribution < -0.4 is 5.32 Å². The molecule has 1 aliphatic rings. The predicted octanol–water partition coefficient (Wildman–Crippen LogP) is 2.47. The number of nitriles is 1. The van der Waals surface area contributed by atoms with Gasteiger partial charge in [-0.2, -0.15) is 5.26 Å². The van der Waals surface area contributed by atoms with E-state index in [-0.39, 0.29) is 0 Å². The Labute approximate surface area is 89.5 Å². The maximum absolute atomic E-state index is 8.88. The summed E-state index contributed by atoms with van der Waals surface area (Å²) >= 11 is 0. The Morgan fingerprint density at radius 2 is 2.40 bits per heavy atom. The van der Waals surface area contributed by atoms with Crippen molar-refractivity contribution >= 4 is 5.69 Å². The number of hydrogen-bond acceptors (Lipinski definition) is 3. The summed E-state index contributed by atoms with van der Waals surface area (Å²) in [5, 5.41) is 12.2. The molecule has 15 heavy (non-hydrogen) atoms.